The molecule has 0 bridgehead atoms. The Morgan fingerprint density at radius 2 is 1.87 bits per heavy atom. The third kappa shape index (κ3) is 5.76. The van der Waals surface area contributed by atoms with Crippen molar-refractivity contribution in [3.8, 4) is 5.75 Å². The Bertz CT molecular complexity index is 1120. The zero-order valence-electron chi connectivity index (χ0n) is 16.0. The molecule has 158 valence electrons. The third-order valence-electron chi connectivity index (χ3n) is 4.07. The van der Waals surface area contributed by atoms with Gasteiger partial charge >= 0.3 is 0 Å². The molecule has 0 fully saturated rings. The van der Waals surface area contributed by atoms with Crippen LogP contribution in [0.1, 0.15) is 22.3 Å². The van der Waals surface area contributed by atoms with E-state index in [4.69, 9.17) is 16.3 Å². The molecule has 0 aliphatic rings. The van der Waals surface area contributed by atoms with E-state index in [2.05, 4.69) is 20.2 Å². The molecule has 3 rings (SSSR count). The van der Waals surface area contributed by atoms with Crippen LogP contribution >= 0.6 is 22.9 Å². The van der Waals surface area contributed by atoms with E-state index >= 15 is 0 Å². The van der Waals surface area contributed by atoms with Gasteiger partial charge in [0.1, 0.15) is 5.75 Å². The summed E-state index contributed by atoms with van der Waals surface area (Å²) in [7, 11) is -2.22. The van der Waals surface area contributed by atoms with Crippen molar-refractivity contribution >= 4 is 44.0 Å². The first-order valence-electron chi connectivity index (χ1n) is 8.91. The van der Waals surface area contributed by atoms with Crippen molar-refractivity contribution in [1.82, 2.24) is 14.9 Å². The number of amides is 1. The Morgan fingerprint density at radius 3 is 2.60 bits per heavy atom. The van der Waals surface area contributed by atoms with Crippen molar-refractivity contribution in [1.29, 1.82) is 0 Å². The number of sulfonamides is 1. The van der Waals surface area contributed by atoms with Crippen LogP contribution < -0.4 is 14.8 Å². The molecule has 8 nitrogen and oxygen atoms in total. The molecule has 1 aromatic heterocycles. The number of hydrogen-bond acceptors (Lipinski definition) is 7. The summed E-state index contributed by atoms with van der Waals surface area (Å²) in [5, 5.41) is 10.5. The quantitative estimate of drug-likeness (QED) is 0.369. The minimum Gasteiger partial charge on any atom is -0.496 e. The standard InChI is InChI=1S/C19H19ClN4O4S2/c1-28-16-7-3-2-5-13(16)6-4-12-21-30(26,27)19-24-23-18(29-19)22-17(25)14-8-10-15(20)11-9-14/h2-3,5,7-11,21H,4,6,12H2,1H3,(H,22,23,25). The smallest absolute Gasteiger partial charge is 0.269 e. The Hall–Kier alpha value is -2.53. The number of benzene rings is 2. The lowest BCUT2D eigenvalue weighted by atomic mass is 10.1. The first-order chi connectivity index (χ1) is 14.4. The third-order valence-corrected chi connectivity index (χ3v) is 6.99. The maximum absolute atomic E-state index is 12.4. The average Bonchev–Trinajstić information content (AvgIpc) is 3.21. The lowest BCUT2D eigenvalue weighted by Gasteiger charge is -2.08. The largest absolute Gasteiger partial charge is 0.496 e. The number of nitrogens with zero attached hydrogens (tertiary/aromatic N) is 2. The highest BCUT2D eigenvalue weighted by atomic mass is 35.5. The van der Waals surface area contributed by atoms with E-state index in [1.165, 1.54) is 0 Å². The number of hydrogen-bond donors (Lipinski definition) is 2. The number of para-hydroxylation sites is 1. The van der Waals surface area contributed by atoms with E-state index in [1.54, 1.807) is 31.4 Å². The van der Waals surface area contributed by atoms with Gasteiger partial charge in [-0.1, -0.05) is 41.1 Å². The molecule has 0 saturated carbocycles. The van der Waals surface area contributed by atoms with Crippen molar-refractivity contribution in [2.75, 3.05) is 19.0 Å². The van der Waals surface area contributed by atoms with E-state index in [0.29, 0.717) is 23.4 Å². The molecule has 1 heterocycles. The number of methoxy groups -OCH3 is 1. The van der Waals surface area contributed by atoms with Crippen LogP contribution in [-0.4, -0.2) is 38.2 Å². The maximum atomic E-state index is 12.4. The predicted octanol–water partition coefficient (Wildman–Crippen LogP) is 3.36. The van der Waals surface area contributed by atoms with Gasteiger partial charge in [-0.05, 0) is 48.7 Å². The van der Waals surface area contributed by atoms with Gasteiger partial charge in [0.2, 0.25) is 9.47 Å². The van der Waals surface area contributed by atoms with Crippen LogP contribution in [0.15, 0.2) is 52.9 Å². The second-order valence-electron chi connectivity index (χ2n) is 6.15. The van der Waals surface area contributed by atoms with Gasteiger partial charge in [-0.2, -0.15) is 0 Å². The zero-order chi connectivity index (χ0) is 21.6. The highest BCUT2D eigenvalue weighted by Crippen LogP contribution is 2.21. The summed E-state index contributed by atoms with van der Waals surface area (Å²) in [4.78, 5) is 12.2. The SMILES string of the molecule is COc1ccccc1CCCNS(=O)(=O)c1nnc(NC(=O)c2ccc(Cl)cc2)s1. The Morgan fingerprint density at radius 1 is 1.13 bits per heavy atom. The number of rotatable bonds is 9. The summed E-state index contributed by atoms with van der Waals surface area (Å²) in [6.07, 6.45) is 1.24. The Kier molecular flexibility index (Phi) is 7.38. The zero-order valence-corrected chi connectivity index (χ0v) is 18.4. The maximum Gasteiger partial charge on any atom is 0.269 e. The van der Waals surface area contributed by atoms with E-state index < -0.39 is 15.9 Å². The van der Waals surface area contributed by atoms with E-state index in [9.17, 15) is 13.2 Å². The number of aromatic nitrogens is 2. The molecule has 1 amide bonds. The number of nitrogens with one attached hydrogen (secondary N) is 2. The summed E-state index contributed by atoms with van der Waals surface area (Å²) in [5.41, 5.74) is 1.37. The summed E-state index contributed by atoms with van der Waals surface area (Å²) < 4.78 is 32.4. The number of anilines is 1. The highest BCUT2D eigenvalue weighted by Gasteiger charge is 2.20. The summed E-state index contributed by atoms with van der Waals surface area (Å²) in [6.45, 7) is 0.229. The molecule has 0 radical (unpaired) electrons. The van der Waals surface area contributed by atoms with Gasteiger partial charge in [-0.3, -0.25) is 10.1 Å². The van der Waals surface area contributed by atoms with Crippen molar-refractivity contribution in [2.45, 2.75) is 17.2 Å². The van der Waals surface area contributed by atoms with Crippen LogP contribution in [0.5, 0.6) is 5.75 Å². The lowest BCUT2D eigenvalue weighted by Crippen LogP contribution is -2.25. The van der Waals surface area contributed by atoms with Crippen molar-refractivity contribution in [3.63, 3.8) is 0 Å². The topological polar surface area (TPSA) is 110 Å². The molecule has 0 saturated heterocycles. The molecule has 3 aromatic rings. The van der Waals surface area contributed by atoms with Crippen LogP contribution in [0.25, 0.3) is 0 Å². The van der Waals surface area contributed by atoms with E-state index in [-0.39, 0.29) is 16.0 Å². The monoisotopic (exact) mass is 466 g/mol. The number of carbonyl (C=O) groups excluding carboxylic acids is 1. The van der Waals surface area contributed by atoms with Gasteiger partial charge in [0, 0.05) is 17.1 Å². The molecule has 0 unspecified atom stereocenters. The molecule has 11 heteroatoms. The highest BCUT2D eigenvalue weighted by molar-refractivity contribution is 7.91. The van der Waals surface area contributed by atoms with E-state index in [1.807, 2.05) is 24.3 Å². The normalized spacial score (nSPS) is 11.3. The van der Waals surface area contributed by atoms with Gasteiger partial charge in [0.25, 0.3) is 15.9 Å². The molecule has 30 heavy (non-hydrogen) atoms. The number of halogens is 1. The lowest BCUT2D eigenvalue weighted by molar-refractivity contribution is 0.102. The predicted molar refractivity (Wildman–Crippen MR) is 116 cm³/mol. The molecular weight excluding hydrogens is 448 g/mol. The summed E-state index contributed by atoms with van der Waals surface area (Å²) >= 11 is 6.58. The van der Waals surface area contributed by atoms with Crippen LogP contribution in [0.2, 0.25) is 5.02 Å². The molecule has 0 spiro atoms. The van der Waals surface area contributed by atoms with Crippen molar-refractivity contribution < 1.29 is 17.9 Å². The fourth-order valence-corrected chi connectivity index (χ4v) is 4.73. The number of ether oxygens (including phenoxy) is 1. The molecule has 2 N–H and O–H groups in total. The van der Waals surface area contributed by atoms with Gasteiger partial charge < -0.3 is 4.74 Å². The van der Waals surface area contributed by atoms with Crippen LogP contribution in [0, 0.1) is 0 Å². The summed E-state index contributed by atoms with van der Waals surface area (Å²) in [6, 6.07) is 13.9. The van der Waals surface area contributed by atoms with Crippen molar-refractivity contribution in [2.24, 2.45) is 0 Å². The Labute approximate surface area is 183 Å². The second-order valence-corrected chi connectivity index (χ2v) is 9.50. The van der Waals surface area contributed by atoms with Gasteiger partial charge in [0.05, 0.1) is 7.11 Å². The van der Waals surface area contributed by atoms with Crippen molar-refractivity contribution in [3.05, 3.63) is 64.7 Å². The molecule has 0 aliphatic carbocycles. The second kappa shape index (κ2) is 9.98. The molecule has 2 aromatic carbocycles. The minimum absolute atomic E-state index is 0.0874. The molecule has 0 aliphatic heterocycles. The minimum atomic E-state index is -3.82. The van der Waals surface area contributed by atoms with E-state index in [0.717, 1.165) is 22.6 Å². The van der Waals surface area contributed by atoms with Gasteiger partial charge in [-0.15, -0.1) is 10.2 Å². The fraction of sp³-hybridized carbons (Fsp3) is 0.211. The molecular formula is C19H19ClN4O4S2. The first-order valence-corrected chi connectivity index (χ1v) is 11.6. The van der Waals surface area contributed by atoms with Gasteiger partial charge in [0.15, 0.2) is 0 Å². The number of carbonyl (C=O) groups is 1. The van der Waals surface area contributed by atoms with Gasteiger partial charge in [-0.25, -0.2) is 13.1 Å². The van der Waals surface area contributed by atoms with Crippen LogP contribution in [0.3, 0.4) is 0 Å². The molecule has 0 atom stereocenters. The Balaban J connectivity index is 1.54. The van der Waals surface area contributed by atoms with Crippen LogP contribution in [0.4, 0.5) is 5.13 Å². The number of aryl methyl sites for hydroxylation is 1. The van der Waals surface area contributed by atoms with Crippen LogP contribution in [-0.2, 0) is 16.4 Å². The average molecular weight is 467 g/mol. The summed E-state index contributed by atoms with van der Waals surface area (Å²) in [5.74, 6) is 0.335. The fourth-order valence-electron chi connectivity index (χ4n) is 2.60. The first kappa shape index (κ1) is 22.2.